The fourth-order valence-electron chi connectivity index (χ4n) is 3.41. The molecular weight excluding hydrogens is 456 g/mol. The van der Waals surface area contributed by atoms with Crippen LogP contribution in [0.2, 0.25) is 0 Å². The molecule has 4 rings (SSSR count). The molecule has 34 heavy (non-hydrogen) atoms. The topological polar surface area (TPSA) is 96.2 Å². The zero-order valence-corrected chi connectivity index (χ0v) is 20.3. The van der Waals surface area contributed by atoms with Crippen molar-refractivity contribution in [3.05, 3.63) is 47.3 Å². The van der Waals surface area contributed by atoms with Gasteiger partial charge in [0, 0.05) is 16.5 Å². The van der Waals surface area contributed by atoms with Crippen LogP contribution in [0.15, 0.2) is 41.8 Å². The van der Waals surface area contributed by atoms with Gasteiger partial charge in [-0.2, -0.15) is 4.98 Å². The summed E-state index contributed by atoms with van der Waals surface area (Å²) in [6, 6.07) is 10.9. The van der Waals surface area contributed by atoms with Gasteiger partial charge >= 0.3 is 0 Å². The molecule has 2 aromatic carbocycles. The standard InChI is InChI=1S/C24H26N4O5S/c1-5-31-19-12-16(13-20(32-6-2)21(19)33-7-3)22(29)25-23-26-24-28(27-23)18(14-34-24)15-9-8-10-17(11-15)30-4/h8-14H,5-7H2,1-4H3,(H,25,27,29). The lowest BCUT2D eigenvalue weighted by atomic mass is 10.1. The molecule has 0 fully saturated rings. The van der Waals surface area contributed by atoms with E-state index in [1.54, 1.807) is 23.8 Å². The molecule has 0 aliphatic carbocycles. The second-order valence-electron chi connectivity index (χ2n) is 7.04. The molecule has 1 amide bonds. The molecule has 4 aromatic rings. The highest BCUT2D eigenvalue weighted by molar-refractivity contribution is 7.15. The van der Waals surface area contributed by atoms with E-state index in [9.17, 15) is 4.79 Å². The smallest absolute Gasteiger partial charge is 0.258 e. The van der Waals surface area contributed by atoms with Crippen molar-refractivity contribution in [2.75, 3.05) is 32.2 Å². The van der Waals surface area contributed by atoms with Crippen LogP contribution in [0.1, 0.15) is 31.1 Å². The molecule has 0 atom stereocenters. The highest BCUT2D eigenvalue weighted by Crippen LogP contribution is 2.39. The normalized spacial score (nSPS) is 10.8. The van der Waals surface area contributed by atoms with Crippen molar-refractivity contribution in [1.82, 2.24) is 14.6 Å². The summed E-state index contributed by atoms with van der Waals surface area (Å²) >= 11 is 1.43. The summed E-state index contributed by atoms with van der Waals surface area (Å²) in [4.78, 5) is 18.2. The fourth-order valence-corrected chi connectivity index (χ4v) is 4.24. The van der Waals surface area contributed by atoms with E-state index < -0.39 is 0 Å². The van der Waals surface area contributed by atoms with Crippen molar-refractivity contribution in [3.63, 3.8) is 0 Å². The van der Waals surface area contributed by atoms with Gasteiger partial charge in [0.25, 0.3) is 11.9 Å². The number of carbonyl (C=O) groups is 1. The molecule has 0 saturated heterocycles. The maximum Gasteiger partial charge on any atom is 0.258 e. The van der Waals surface area contributed by atoms with Crippen molar-refractivity contribution < 1.29 is 23.7 Å². The minimum absolute atomic E-state index is 0.200. The Labute approximate surface area is 201 Å². The first kappa shape index (κ1) is 23.4. The van der Waals surface area contributed by atoms with E-state index in [1.165, 1.54) is 11.3 Å². The van der Waals surface area contributed by atoms with Crippen LogP contribution in [-0.2, 0) is 0 Å². The molecule has 2 aromatic heterocycles. The third kappa shape index (κ3) is 4.76. The first-order valence-corrected chi connectivity index (χ1v) is 11.8. The lowest BCUT2D eigenvalue weighted by Gasteiger charge is -2.16. The van der Waals surface area contributed by atoms with Gasteiger partial charge in [0.1, 0.15) is 5.75 Å². The lowest BCUT2D eigenvalue weighted by molar-refractivity contribution is 0.102. The quantitative estimate of drug-likeness (QED) is 0.343. The summed E-state index contributed by atoms with van der Waals surface area (Å²) in [7, 11) is 1.63. The number of nitrogens with one attached hydrogen (secondary N) is 1. The average Bonchev–Trinajstić information content (AvgIpc) is 3.41. The molecular formula is C24H26N4O5S. The number of anilines is 1. The van der Waals surface area contributed by atoms with E-state index in [0.717, 1.165) is 17.0 Å². The number of hydrogen-bond acceptors (Lipinski definition) is 8. The minimum atomic E-state index is -0.383. The van der Waals surface area contributed by atoms with E-state index in [0.29, 0.717) is 47.6 Å². The number of carbonyl (C=O) groups excluding carboxylic acids is 1. The number of rotatable bonds is 10. The maximum absolute atomic E-state index is 13.1. The summed E-state index contributed by atoms with van der Waals surface area (Å²) in [6.45, 7) is 6.89. The number of aromatic nitrogens is 3. The third-order valence-corrected chi connectivity index (χ3v) is 5.66. The molecule has 0 saturated carbocycles. The van der Waals surface area contributed by atoms with Crippen LogP contribution in [0.3, 0.4) is 0 Å². The predicted molar refractivity (Wildman–Crippen MR) is 131 cm³/mol. The molecule has 0 unspecified atom stereocenters. The highest BCUT2D eigenvalue weighted by atomic mass is 32.1. The van der Waals surface area contributed by atoms with Crippen LogP contribution in [-0.4, -0.2) is 47.4 Å². The summed E-state index contributed by atoms with van der Waals surface area (Å²) in [5.74, 6) is 1.93. The minimum Gasteiger partial charge on any atom is -0.497 e. The van der Waals surface area contributed by atoms with E-state index >= 15 is 0 Å². The van der Waals surface area contributed by atoms with Gasteiger partial charge in [0.05, 0.1) is 32.6 Å². The Balaban J connectivity index is 1.63. The van der Waals surface area contributed by atoms with Crippen LogP contribution < -0.4 is 24.3 Å². The zero-order valence-electron chi connectivity index (χ0n) is 19.5. The molecule has 0 bridgehead atoms. The number of amides is 1. The Morgan fingerprint density at radius 1 is 1.03 bits per heavy atom. The SMILES string of the molecule is CCOc1cc(C(=O)Nc2nc3scc(-c4cccc(OC)c4)n3n2)cc(OCC)c1OCC. The second kappa shape index (κ2) is 10.4. The molecule has 0 spiro atoms. The Bertz CT molecular complexity index is 1270. The van der Waals surface area contributed by atoms with Crippen LogP contribution in [0.5, 0.6) is 23.0 Å². The Morgan fingerprint density at radius 2 is 1.74 bits per heavy atom. The summed E-state index contributed by atoms with van der Waals surface area (Å²) in [5, 5.41) is 9.23. The number of nitrogens with zero attached hydrogens (tertiary/aromatic N) is 3. The van der Waals surface area contributed by atoms with Gasteiger partial charge in [-0.15, -0.1) is 16.4 Å². The van der Waals surface area contributed by atoms with Crippen molar-refractivity contribution >= 4 is 28.2 Å². The Kier molecular flexibility index (Phi) is 7.17. The van der Waals surface area contributed by atoms with Gasteiger partial charge in [-0.05, 0) is 45.0 Å². The van der Waals surface area contributed by atoms with Crippen molar-refractivity contribution in [3.8, 4) is 34.3 Å². The Hall–Kier alpha value is -3.79. The maximum atomic E-state index is 13.1. The van der Waals surface area contributed by atoms with Gasteiger partial charge in [-0.25, -0.2) is 4.52 Å². The molecule has 9 nitrogen and oxygen atoms in total. The number of hydrogen-bond donors (Lipinski definition) is 1. The lowest BCUT2D eigenvalue weighted by Crippen LogP contribution is -2.14. The molecule has 178 valence electrons. The number of benzene rings is 2. The predicted octanol–water partition coefficient (Wildman–Crippen LogP) is 4.91. The van der Waals surface area contributed by atoms with Gasteiger partial charge < -0.3 is 18.9 Å². The first-order chi connectivity index (χ1) is 16.6. The fraction of sp³-hybridized carbons (Fsp3) is 0.292. The van der Waals surface area contributed by atoms with E-state index in [2.05, 4.69) is 15.4 Å². The van der Waals surface area contributed by atoms with Crippen LogP contribution in [0, 0.1) is 0 Å². The first-order valence-electron chi connectivity index (χ1n) is 10.9. The van der Waals surface area contributed by atoms with E-state index in [-0.39, 0.29) is 11.9 Å². The molecule has 1 N–H and O–H groups in total. The zero-order chi connectivity index (χ0) is 24.1. The largest absolute Gasteiger partial charge is 0.497 e. The number of ether oxygens (including phenoxy) is 4. The van der Waals surface area contributed by atoms with Crippen LogP contribution in [0.25, 0.3) is 16.2 Å². The molecule has 0 aliphatic rings. The number of thiazole rings is 1. The van der Waals surface area contributed by atoms with Crippen LogP contribution >= 0.6 is 11.3 Å². The third-order valence-electron chi connectivity index (χ3n) is 4.84. The van der Waals surface area contributed by atoms with Gasteiger partial charge in [0.15, 0.2) is 11.5 Å². The summed E-state index contributed by atoms with van der Waals surface area (Å²) in [5.41, 5.74) is 2.13. The van der Waals surface area contributed by atoms with Gasteiger partial charge in [-0.3, -0.25) is 10.1 Å². The summed E-state index contributed by atoms with van der Waals surface area (Å²) in [6.07, 6.45) is 0. The van der Waals surface area contributed by atoms with Crippen molar-refractivity contribution in [2.45, 2.75) is 20.8 Å². The van der Waals surface area contributed by atoms with Crippen molar-refractivity contribution in [2.24, 2.45) is 0 Å². The monoisotopic (exact) mass is 482 g/mol. The number of fused-ring (bicyclic) bond motifs is 1. The molecule has 0 radical (unpaired) electrons. The summed E-state index contributed by atoms with van der Waals surface area (Å²) < 4.78 is 24.1. The number of methoxy groups -OCH3 is 1. The van der Waals surface area contributed by atoms with Crippen molar-refractivity contribution in [1.29, 1.82) is 0 Å². The molecule has 10 heteroatoms. The van der Waals surface area contributed by atoms with Gasteiger partial charge in [0.2, 0.25) is 10.7 Å². The highest BCUT2D eigenvalue weighted by Gasteiger charge is 2.20. The van der Waals surface area contributed by atoms with Crippen LogP contribution in [0.4, 0.5) is 5.95 Å². The second-order valence-corrected chi connectivity index (χ2v) is 7.87. The molecule has 0 aliphatic heterocycles. The Morgan fingerprint density at radius 3 is 2.38 bits per heavy atom. The van der Waals surface area contributed by atoms with E-state index in [1.807, 2.05) is 50.4 Å². The van der Waals surface area contributed by atoms with Gasteiger partial charge in [-0.1, -0.05) is 12.1 Å². The van der Waals surface area contributed by atoms with E-state index in [4.69, 9.17) is 18.9 Å². The average molecular weight is 483 g/mol. The molecule has 2 heterocycles.